The van der Waals surface area contributed by atoms with E-state index in [-0.39, 0.29) is 11.6 Å². The Labute approximate surface area is 156 Å². The molecule has 0 saturated carbocycles. The van der Waals surface area contributed by atoms with E-state index >= 15 is 0 Å². The van der Waals surface area contributed by atoms with Crippen molar-refractivity contribution in [3.63, 3.8) is 0 Å². The molecule has 4 rings (SSSR count). The van der Waals surface area contributed by atoms with Crippen molar-refractivity contribution in [1.82, 2.24) is 5.32 Å². The third-order valence-corrected chi connectivity index (χ3v) is 4.89. The molecule has 0 spiro atoms. The van der Waals surface area contributed by atoms with Crippen molar-refractivity contribution in [2.24, 2.45) is 0 Å². The second-order valence-corrected chi connectivity index (χ2v) is 6.83. The highest BCUT2D eigenvalue weighted by Gasteiger charge is 2.34. The van der Waals surface area contributed by atoms with E-state index in [2.05, 4.69) is 22.3 Å². The molecule has 0 bridgehead atoms. The predicted octanol–water partition coefficient (Wildman–Crippen LogP) is 4.04. The fraction of sp³-hybridized carbons (Fsp3) is 0.200. The first-order chi connectivity index (χ1) is 12.6. The number of imide groups is 1. The van der Waals surface area contributed by atoms with Gasteiger partial charge in [0.2, 0.25) is 0 Å². The van der Waals surface area contributed by atoms with E-state index in [9.17, 15) is 9.59 Å². The molecule has 2 aliphatic heterocycles. The summed E-state index contributed by atoms with van der Waals surface area (Å²) in [5, 5.41) is 3.19. The monoisotopic (exact) mass is 367 g/mol. The molecule has 2 aliphatic rings. The molecule has 2 fully saturated rings. The van der Waals surface area contributed by atoms with Crippen molar-refractivity contribution in [3.05, 3.63) is 64.8 Å². The molecule has 2 saturated heterocycles. The summed E-state index contributed by atoms with van der Waals surface area (Å²) in [7, 11) is 0. The van der Waals surface area contributed by atoms with Crippen LogP contribution < -0.4 is 15.1 Å². The maximum atomic E-state index is 12.6. The number of amides is 3. The smallest absolute Gasteiger partial charge is 0.333 e. The topological polar surface area (TPSA) is 52.7 Å². The van der Waals surface area contributed by atoms with Gasteiger partial charge in [-0.05, 0) is 60.9 Å². The Bertz CT molecular complexity index is 869. The molecule has 0 unspecified atom stereocenters. The highest BCUT2D eigenvalue weighted by molar-refractivity contribution is 6.31. The average Bonchev–Trinajstić information content (AvgIpc) is 3.26. The van der Waals surface area contributed by atoms with Crippen LogP contribution in [0.3, 0.4) is 0 Å². The molecule has 2 aromatic rings. The zero-order valence-corrected chi connectivity index (χ0v) is 14.9. The summed E-state index contributed by atoms with van der Waals surface area (Å²) in [6, 6.07) is 14.2. The van der Waals surface area contributed by atoms with Crippen LogP contribution in [0.4, 0.5) is 16.2 Å². The van der Waals surface area contributed by atoms with Crippen LogP contribution in [0.25, 0.3) is 6.08 Å². The van der Waals surface area contributed by atoms with Crippen LogP contribution in [0.15, 0.2) is 54.2 Å². The number of carbonyl (C=O) groups excluding carboxylic acids is 2. The highest BCUT2D eigenvalue weighted by Crippen LogP contribution is 2.25. The SMILES string of the molecule is O=C1N/C(=C/c2ccc(N3CCCC3)cc2)C(=O)N1c1ccc(Cl)cc1. The number of hydrogen-bond acceptors (Lipinski definition) is 3. The number of urea groups is 1. The van der Waals surface area contributed by atoms with Crippen LogP contribution in [0.1, 0.15) is 18.4 Å². The number of nitrogens with zero attached hydrogens (tertiary/aromatic N) is 2. The lowest BCUT2D eigenvalue weighted by Crippen LogP contribution is -2.30. The molecule has 0 atom stereocenters. The number of anilines is 2. The van der Waals surface area contributed by atoms with E-state index in [0.717, 1.165) is 23.6 Å². The number of hydrogen-bond donors (Lipinski definition) is 1. The molecule has 1 N–H and O–H groups in total. The summed E-state index contributed by atoms with van der Waals surface area (Å²) < 4.78 is 0. The Morgan fingerprint density at radius 1 is 0.885 bits per heavy atom. The van der Waals surface area contributed by atoms with E-state index in [4.69, 9.17) is 11.6 Å². The lowest BCUT2D eigenvalue weighted by molar-refractivity contribution is -0.113. The second-order valence-electron chi connectivity index (χ2n) is 6.39. The molecule has 26 heavy (non-hydrogen) atoms. The lowest BCUT2D eigenvalue weighted by Gasteiger charge is -2.17. The zero-order valence-electron chi connectivity index (χ0n) is 14.1. The minimum atomic E-state index is -0.461. The molecule has 2 aromatic carbocycles. The minimum absolute atomic E-state index is 0.263. The zero-order chi connectivity index (χ0) is 18.1. The third kappa shape index (κ3) is 3.18. The second kappa shape index (κ2) is 6.84. The van der Waals surface area contributed by atoms with Crippen molar-refractivity contribution in [2.45, 2.75) is 12.8 Å². The largest absolute Gasteiger partial charge is 0.372 e. The molecule has 0 radical (unpaired) electrons. The number of carbonyl (C=O) groups is 2. The molecule has 132 valence electrons. The fourth-order valence-electron chi connectivity index (χ4n) is 3.28. The molecular weight excluding hydrogens is 350 g/mol. The quantitative estimate of drug-likeness (QED) is 0.658. The molecule has 0 aliphatic carbocycles. The van der Waals surface area contributed by atoms with Gasteiger partial charge in [-0.1, -0.05) is 23.7 Å². The van der Waals surface area contributed by atoms with Gasteiger partial charge in [0.05, 0.1) is 5.69 Å². The van der Waals surface area contributed by atoms with Gasteiger partial charge in [0.1, 0.15) is 5.70 Å². The Kier molecular flexibility index (Phi) is 4.39. The summed E-state index contributed by atoms with van der Waals surface area (Å²) in [5.74, 6) is -0.374. The van der Waals surface area contributed by atoms with Gasteiger partial charge < -0.3 is 10.2 Å². The van der Waals surface area contributed by atoms with Crippen LogP contribution in [-0.2, 0) is 4.79 Å². The fourth-order valence-corrected chi connectivity index (χ4v) is 3.41. The molecule has 6 heteroatoms. The normalized spacial score (nSPS) is 18.7. The van der Waals surface area contributed by atoms with E-state index in [1.807, 2.05) is 12.1 Å². The maximum absolute atomic E-state index is 12.6. The van der Waals surface area contributed by atoms with Gasteiger partial charge in [-0.15, -0.1) is 0 Å². The van der Waals surface area contributed by atoms with Crippen LogP contribution in [-0.4, -0.2) is 25.0 Å². The number of rotatable bonds is 3. The standard InChI is InChI=1S/C20H18ClN3O2/c21-15-5-9-17(10-6-15)24-19(25)18(22-20(24)26)13-14-3-7-16(8-4-14)23-11-1-2-12-23/h3-10,13H,1-2,11-12H2,(H,22,26)/b18-13+. The summed E-state index contributed by atoms with van der Waals surface area (Å²) in [6.45, 7) is 2.18. The summed E-state index contributed by atoms with van der Waals surface area (Å²) in [4.78, 5) is 28.3. The van der Waals surface area contributed by atoms with E-state index in [0.29, 0.717) is 10.7 Å². The molecule has 2 heterocycles. The van der Waals surface area contributed by atoms with Crippen LogP contribution in [0, 0.1) is 0 Å². The molecule has 5 nitrogen and oxygen atoms in total. The Hall–Kier alpha value is -2.79. The van der Waals surface area contributed by atoms with E-state index in [1.165, 1.54) is 18.5 Å². The van der Waals surface area contributed by atoms with Gasteiger partial charge in [0.15, 0.2) is 0 Å². The Morgan fingerprint density at radius 3 is 2.15 bits per heavy atom. The predicted molar refractivity (Wildman–Crippen MR) is 103 cm³/mol. The average molecular weight is 368 g/mol. The molecule has 3 amide bonds. The number of benzene rings is 2. The number of nitrogens with one attached hydrogen (secondary N) is 1. The van der Waals surface area contributed by atoms with E-state index in [1.54, 1.807) is 30.3 Å². The van der Waals surface area contributed by atoms with Crippen LogP contribution in [0.2, 0.25) is 5.02 Å². The Morgan fingerprint density at radius 2 is 1.50 bits per heavy atom. The van der Waals surface area contributed by atoms with Gasteiger partial charge in [0, 0.05) is 23.8 Å². The first-order valence-electron chi connectivity index (χ1n) is 8.59. The highest BCUT2D eigenvalue weighted by atomic mass is 35.5. The van der Waals surface area contributed by atoms with Crippen molar-refractivity contribution in [1.29, 1.82) is 0 Å². The molecular formula is C20H18ClN3O2. The van der Waals surface area contributed by atoms with Gasteiger partial charge in [-0.2, -0.15) is 0 Å². The third-order valence-electron chi connectivity index (χ3n) is 4.64. The maximum Gasteiger partial charge on any atom is 0.333 e. The molecule has 0 aromatic heterocycles. The summed E-state index contributed by atoms with van der Waals surface area (Å²) >= 11 is 5.87. The first-order valence-corrected chi connectivity index (χ1v) is 8.97. The van der Waals surface area contributed by atoms with Crippen LogP contribution in [0.5, 0.6) is 0 Å². The number of halogens is 1. The van der Waals surface area contributed by atoms with Crippen molar-refractivity contribution >= 4 is 41.0 Å². The van der Waals surface area contributed by atoms with Crippen LogP contribution >= 0.6 is 11.6 Å². The summed E-state index contributed by atoms with van der Waals surface area (Å²) in [6.07, 6.45) is 4.16. The first kappa shape index (κ1) is 16.7. The van der Waals surface area contributed by atoms with Crippen molar-refractivity contribution in [3.8, 4) is 0 Å². The minimum Gasteiger partial charge on any atom is -0.372 e. The van der Waals surface area contributed by atoms with Gasteiger partial charge in [0.25, 0.3) is 5.91 Å². The lowest BCUT2D eigenvalue weighted by atomic mass is 10.1. The van der Waals surface area contributed by atoms with Gasteiger partial charge in [-0.3, -0.25) is 4.79 Å². The summed E-state index contributed by atoms with van der Waals surface area (Å²) in [5.41, 5.74) is 2.81. The van der Waals surface area contributed by atoms with Gasteiger partial charge >= 0.3 is 6.03 Å². The van der Waals surface area contributed by atoms with E-state index < -0.39 is 6.03 Å². The van der Waals surface area contributed by atoms with Crippen molar-refractivity contribution < 1.29 is 9.59 Å². The Balaban J connectivity index is 1.55. The van der Waals surface area contributed by atoms with Gasteiger partial charge in [-0.25, -0.2) is 9.69 Å². The van der Waals surface area contributed by atoms with Crippen molar-refractivity contribution in [2.75, 3.05) is 22.9 Å².